The number of hydrogen-bond acceptors (Lipinski definition) is 3. The van der Waals surface area contributed by atoms with Crippen LogP contribution in [-0.2, 0) is 13.0 Å². The van der Waals surface area contributed by atoms with Gasteiger partial charge in [0.25, 0.3) is 0 Å². The van der Waals surface area contributed by atoms with Crippen LogP contribution in [0.3, 0.4) is 0 Å². The van der Waals surface area contributed by atoms with Crippen molar-refractivity contribution in [2.24, 2.45) is 0 Å². The van der Waals surface area contributed by atoms with E-state index in [9.17, 15) is 5.11 Å². The highest BCUT2D eigenvalue weighted by Gasteiger charge is 2.29. The zero-order valence-corrected chi connectivity index (χ0v) is 9.95. The van der Waals surface area contributed by atoms with Gasteiger partial charge in [0.2, 0.25) is 0 Å². The third-order valence-electron chi connectivity index (χ3n) is 3.39. The first kappa shape index (κ1) is 11.6. The van der Waals surface area contributed by atoms with Crippen LogP contribution in [0.1, 0.15) is 32.0 Å². The summed E-state index contributed by atoms with van der Waals surface area (Å²) in [7, 11) is 0. The van der Waals surface area contributed by atoms with Crippen LogP contribution in [0.2, 0.25) is 0 Å². The van der Waals surface area contributed by atoms with Crippen LogP contribution in [0.25, 0.3) is 0 Å². The molecule has 1 atom stereocenters. The van der Waals surface area contributed by atoms with Gasteiger partial charge in [-0.1, -0.05) is 0 Å². The van der Waals surface area contributed by atoms with E-state index in [0.29, 0.717) is 6.42 Å². The predicted octanol–water partition coefficient (Wildman–Crippen LogP) is 0.950. The Morgan fingerprint density at radius 1 is 1.50 bits per heavy atom. The molecule has 0 amide bonds. The summed E-state index contributed by atoms with van der Waals surface area (Å²) in [6, 6.07) is 0. The Kier molecular flexibility index (Phi) is 3.61. The number of nitrogens with one attached hydrogen (secondary N) is 1. The van der Waals surface area contributed by atoms with E-state index in [-0.39, 0.29) is 0 Å². The van der Waals surface area contributed by atoms with Crippen LogP contribution in [0, 0.1) is 0 Å². The number of aliphatic hydroxyl groups is 1. The Hall–Kier alpha value is -0.870. The van der Waals surface area contributed by atoms with Crippen LogP contribution in [-0.4, -0.2) is 33.3 Å². The number of hydrogen-bond donors (Lipinski definition) is 2. The van der Waals surface area contributed by atoms with E-state index in [4.69, 9.17) is 0 Å². The van der Waals surface area contributed by atoms with Crippen molar-refractivity contribution in [2.45, 2.75) is 44.8 Å². The second-order valence-electron chi connectivity index (χ2n) is 4.63. The molecule has 1 aliphatic heterocycles. The molecular formula is C12H21N3O. The molecule has 2 heterocycles. The monoisotopic (exact) mass is 223 g/mol. The molecule has 1 fully saturated rings. The summed E-state index contributed by atoms with van der Waals surface area (Å²) in [6.45, 7) is 4.95. The molecule has 4 nitrogen and oxygen atoms in total. The number of rotatable bonds is 3. The van der Waals surface area contributed by atoms with Crippen molar-refractivity contribution in [1.29, 1.82) is 0 Å². The van der Waals surface area contributed by atoms with Gasteiger partial charge in [-0.3, -0.25) is 0 Å². The van der Waals surface area contributed by atoms with Crippen LogP contribution in [0.4, 0.5) is 0 Å². The first-order valence-corrected chi connectivity index (χ1v) is 6.17. The molecule has 2 N–H and O–H groups in total. The summed E-state index contributed by atoms with van der Waals surface area (Å²) < 4.78 is 2.11. The molecule has 0 saturated carbocycles. The fourth-order valence-electron chi connectivity index (χ4n) is 2.38. The minimum Gasteiger partial charge on any atom is -0.389 e. The molecular weight excluding hydrogens is 202 g/mol. The molecule has 0 spiro atoms. The van der Waals surface area contributed by atoms with Gasteiger partial charge in [-0.15, -0.1) is 0 Å². The number of imidazole rings is 1. The van der Waals surface area contributed by atoms with Gasteiger partial charge in [0, 0.05) is 25.4 Å². The van der Waals surface area contributed by atoms with Gasteiger partial charge in [-0.05, 0) is 39.3 Å². The molecule has 1 aromatic rings. The average molecular weight is 223 g/mol. The highest BCUT2D eigenvalue weighted by Crippen LogP contribution is 2.23. The van der Waals surface area contributed by atoms with Crippen LogP contribution < -0.4 is 5.32 Å². The van der Waals surface area contributed by atoms with E-state index in [2.05, 4.69) is 21.8 Å². The van der Waals surface area contributed by atoms with Crippen molar-refractivity contribution < 1.29 is 5.11 Å². The molecule has 1 saturated heterocycles. The Morgan fingerprint density at radius 2 is 2.38 bits per heavy atom. The molecule has 1 aromatic heterocycles. The average Bonchev–Trinajstić information content (AvgIpc) is 2.59. The Labute approximate surface area is 96.7 Å². The SMILES string of the molecule is CCn1ccnc1CC1(O)CCCNCC1. The van der Waals surface area contributed by atoms with Gasteiger partial charge in [-0.25, -0.2) is 4.98 Å². The van der Waals surface area contributed by atoms with E-state index < -0.39 is 5.60 Å². The zero-order valence-electron chi connectivity index (χ0n) is 9.95. The van der Waals surface area contributed by atoms with E-state index in [1.165, 1.54) is 0 Å². The van der Waals surface area contributed by atoms with E-state index in [0.717, 1.165) is 44.7 Å². The highest BCUT2D eigenvalue weighted by molar-refractivity contribution is 4.99. The molecule has 0 aromatic carbocycles. The maximum absolute atomic E-state index is 10.5. The Balaban J connectivity index is 2.06. The zero-order chi connectivity index (χ0) is 11.4. The standard InChI is InChI=1S/C12H21N3O/c1-2-15-9-8-14-11(15)10-12(16)4-3-6-13-7-5-12/h8-9,13,16H,2-7,10H2,1H3. The lowest BCUT2D eigenvalue weighted by Crippen LogP contribution is -2.33. The second-order valence-corrected chi connectivity index (χ2v) is 4.63. The molecule has 16 heavy (non-hydrogen) atoms. The van der Waals surface area contributed by atoms with Crippen molar-refractivity contribution in [3.63, 3.8) is 0 Å². The summed E-state index contributed by atoms with van der Waals surface area (Å²) >= 11 is 0. The summed E-state index contributed by atoms with van der Waals surface area (Å²) in [4.78, 5) is 4.34. The lowest BCUT2D eigenvalue weighted by atomic mass is 9.91. The van der Waals surface area contributed by atoms with Crippen molar-refractivity contribution in [1.82, 2.24) is 14.9 Å². The van der Waals surface area contributed by atoms with Crippen molar-refractivity contribution in [2.75, 3.05) is 13.1 Å². The first-order chi connectivity index (χ1) is 7.73. The van der Waals surface area contributed by atoms with E-state index >= 15 is 0 Å². The first-order valence-electron chi connectivity index (χ1n) is 6.17. The molecule has 0 radical (unpaired) electrons. The maximum atomic E-state index is 10.5. The Bertz CT molecular complexity index is 327. The summed E-state index contributed by atoms with van der Waals surface area (Å²) in [5, 5.41) is 13.9. The van der Waals surface area contributed by atoms with Crippen LogP contribution in [0.5, 0.6) is 0 Å². The summed E-state index contributed by atoms with van der Waals surface area (Å²) in [5.74, 6) is 1.01. The van der Waals surface area contributed by atoms with Gasteiger partial charge < -0.3 is 15.0 Å². The molecule has 2 rings (SSSR count). The van der Waals surface area contributed by atoms with Crippen LogP contribution in [0.15, 0.2) is 12.4 Å². The fraction of sp³-hybridized carbons (Fsp3) is 0.750. The molecule has 90 valence electrons. The van der Waals surface area contributed by atoms with E-state index in [1.54, 1.807) is 0 Å². The topological polar surface area (TPSA) is 50.1 Å². The molecule has 1 unspecified atom stereocenters. The quantitative estimate of drug-likeness (QED) is 0.802. The van der Waals surface area contributed by atoms with Crippen molar-refractivity contribution >= 4 is 0 Å². The summed E-state index contributed by atoms with van der Waals surface area (Å²) in [5.41, 5.74) is -0.568. The van der Waals surface area contributed by atoms with Crippen molar-refractivity contribution in [3.8, 4) is 0 Å². The fourth-order valence-corrected chi connectivity index (χ4v) is 2.38. The second kappa shape index (κ2) is 4.97. The largest absolute Gasteiger partial charge is 0.389 e. The molecule has 0 aliphatic carbocycles. The molecule has 0 bridgehead atoms. The van der Waals surface area contributed by atoms with Crippen LogP contribution >= 0.6 is 0 Å². The number of aryl methyl sites for hydroxylation is 1. The Morgan fingerprint density at radius 3 is 3.19 bits per heavy atom. The smallest absolute Gasteiger partial charge is 0.111 e. The van der Waals surface area contributed by atoms with Gasteiger partial charge in [0.15, 0.2) is 0 Å². The minimum atomic E-state index is -0.568. The third kappa shape index (κ3) is 2.62. The van der Waals surface area contributed by atoms with Crippen molar-refractivity contribution in [3.05, 3.63) is 18.2 Å². The minimum absolute atomic E-state index is 0.568. The molecule has 1 aliphatic rings. The molecule has 4 heteroatoms. The van der Waals surface area contributed by atoms with Gasteiger partial charge in [0.05, 0.1) is 5.60 Å². The predicted molar refractivity (Wildman–Crippen MR) is 63.3 cm³/mol. The van der Waals surface area contributed by atoms with E-state index in [1.807, 2.05) is 12.4 Å². The number of aromatic nitrogens is 2. The highest BCUT2D eigenvalue weighted by atomic mass is 16.3. The lowest BCUT2D eigenvalue weighted by Gasteiger charge is -2.26. The van der Waals surface area contributed by atoms with Gasteiger partial charge >= 0.3 is 0 Å². The maximum Gasteiger partial charge on any atom is 0.111 e. The number of nitrogens with zero attached hydrogens (tertiary/aromatic N) is 2. The van der Waals surface area contributed by atoms with Gasteiger partial charge in [-0.2, -0.15) is 0 Å². The van der Waals surface area contributed by atoms with Gasteiger partial charge in [0.1, 0.15) is 5.82 Å². The third-order valence-corrected chi connectivity index (χ3v) is 3.39. The summed E-state index contributed by atoms with van der Waals surface area (Å²) in [6.07, 6.45) is 7.21. The normalized spacial score (nSPS) is 26.6. The lowest BCUT2D eigenvalue weighted by molar-refractivity contribution is 0.0258.